The van der Waals surface area contributed by atoms with Gasteiger partial charge in [-0.25, -0.2) is 0 Å². The zero-order chi connectivity index (χ0) is 29.6. The zero-order valence-electron chi connectivity index (χ0n) is 25.3. The van der Waals surface area contributed by atoms with E-state index in [4.69, 9.17) is 16.3 Å². The molecule has 0 aromatic heterocycles. The highest BCUT2D eigenvalue weighted by molar-refractivity contribution is 6.30. The van der Waals surface area contributed by atoms with Crippen LogP contribution in [0.5, 0.6) is 0 Å². The smallest absolute Gasteiger partial charge is 0.312 e. The van der Waals surface area contributed by atoms with Crippen LogP contribution >= 0.6 is 11.6 Å². The van der Waals surface area contributed by atoms with Crippen molar-refractivity contribution in [2.75, 3.05) is 0 Å². The van der Waals surface area contributed by atoms with Crippen molar-refractivity contribution < 1.29 is 19.4 Å². The van der Waals surface area contributed by atoms with Crippen molar-refractivity contribution in [3.05, 3.63) is 81.1 Å². The third-order valence-electron chi connectivity index (χ3n) is 12.6. The van der Waals surface area contributed by atoms with E-state index in [2.05, 4.69) is 46.8 Å². The summed E-state index contributed by atoms with van der Waals surface area (Å²) in [6.45, 7) is 13.9. The van der Waals surface area contributed by atoms with Gasteiger partial charge in [0.05, 0.1) is 5.41 Å². The lowest BCUT2D eigenvalue weighted by Gasteiger charge is -2.70. The first kappa shape index (κ1) is 28.5. The van der Waals surface area contributed by atoms with Crippen molar-refractivity contribution in [1.82, 2.24) is 0 Å². The molecule has 4 nitrogen and oxygen atoms in total. The Labute approximate surface area is 249 Å². The Balaban J connectivity index is 1.33. The van der Waals surface area contributed by atoms with Crippen LogP contribution in [0.1, 0.15) is 92.1 Å². The molecular formula is C36H43ClO4. The molecule has 0 bridgehead atoms. The number of aliphatic hydroxyl groups excluding tert-OH is 1. The highest BCUT2D eigenvalue weighted by Gasteiger charge is 2.67. The van der Waals surface area contributed by atoms with Gasteiger partial charge in [0.1, 0.15) is 6.61 Å². The maximum absolute atomic E-state index is 13.7. The highest BCUT2D eigenvalue weighted by atomic mass is 35.5. The summed E-state index contributed by atoms with van der Waals surface area (Å²) in [7, 11) is 0. The third kappa shape index (κ3) is 3.99. The number of esters is 1. The number of fused-ring (bicyclic) bond motifs is 7. The molecule has 5 heteroatoms. The van der Waals surface area contributed by atoms with Gasteiger partial charge in [0.2, 0.25) is 5.78 Å². The number of rotatable bonds is 3. The second-order valence-corrected chi connectivity index (χ2v) is 15.3. The van der Waals surface area contributed by atoms with Gasteiger partial charge in [0.15, 0.2) is 5.76 Å². The zero-order valence-corrected chi connectivity index (χ0v) is 26.1. The Kier molecular flexibility index (Phi) is 6.40. The molecule has 6 atom stereocenters. The van der Waals surface area contributed by atoms with Gasteiger partial charge in [-0.1, -0.05) is 69.2 Å². The molecule has 0 spiro atoms. The van der Waals surface area contributed by atoms with E-state index in [-0.39, 0.29) is 45.8 Å². The third-order valence-corrected chi connectivity index (χ3v) is 12.9. The minimum Gasteiger partial charge on any atom is -0.504 e. The van der Waals surface area contributed by atoms with Crippen LogP contribution in [0.4, 0.5) is 0 Å². The molecule has 3 saturated carbocycles. The van der Waals surface area contributed by atoms with Crippen molar-refractivity contribution in [3.63, 3.8) is 0 Å². The Morgan fingerprint density at radius 3 is 2.49 bits per heavy atom. The van der Waals surface area contributed by atoms with Crippen molar-refractivity contribution in [2.45, 2.75) is 93.1 Å². The SMILES string of the molecule is CC1=C(O)C(=O)C=C2C1=CC=C1[C@@]2(C)CC[C@@]2(C)[C@@H]3C[C@](C)(C(=O)OCc4cccc(Cl)c4)CC[C@]3(C)CC[C@]12C. The normalized spacial score (nSPS) is 39.8. The van der Waals surface area contributed by atoms with E-state index in [0.29, 0.717) is 16.5 Å². The number of aliphatic hydroxyl groups is 1. The summed E-state index contributed by atoms with van der Waals surface area (Å²) < 4.78 is 5.94. The molecule has 41 heavy (non-hydrogen) atoms. The Bertz CT molecular complexity index is 1480. The van der Waals surface area contributed by atoms with Gasteiger partial charge in [0.25, 0.3) is 0 Å². The van der Waals surface area contributed by atoms with Crippen LogP contribution in [0.3, 0.4) is 0 Å². The minimum atomic E-state index is -0.531. The molecule has 1 aromatic carbocycles. The molecule has 218 valence electrons. The van der Waals surface area contributed by atoms with Gasteiger partial charge in [-0.2, -0.15) is 0 Å². The molecule has 0 aliphatic heterocycles. The molecule has 0 saturated heterocycles. The largest absolute Gasteiger partial charge is 0.504 e. The molecule has 1 aromatic rings. The van der Waals surface area contributed by atoms with Crippen molar-refractivity contribution >= 4 is 23.4 Å². The van der Waals surface area contributed by atoms with Gasteiger partial charge in [0, 0.05) is 16.0 Å². The molecule has 3 fully saturated rings. The quantitative estimate of drug-likeness (QED) is 0.366. The van der Waals surface area contributed by atoms with Gasteiger partial charge in [-0.15, -0.1) is 0 Å². The van der Waals surface area contributed by atoms with E-state index < -0.39 is 5.41 Å². The van der Waals surface area contributed by atoms with Crippen LogP contribution in [-0.2, 0) is 20.9 Å². The number of carbonyl (C=O) groups is 2. The first-order valence-corrected chi connectivity index (χ1v) is 15.6. The summed E-state index contributed by atoms with van der Waals surface area (Å²) in [5.74, 6) is -0.154. The lowest BCUT2D eigenvalue weighted by molar-refractivity contribution is -0.183. The van der Waals surface area contributed by atoms with Crippen LogP contribution in [0.2, 0.25) is 5.02 Å². The van der Waals surface area contributed by atoms with E-state index in [1.54, 1.807) is 6.08 Å². The topological polar surface area (TPSA) is 63.6 Å². The van der Waals surface area contributed by atoms with Gasteiger partial charge < -0.3 is 9.84 Å². The number of halogens is 1. The fraction of sp³-hybridized carbons (Fsp3) is 0.556. The maximum Gasteiger partial charge on any atom is 0.312 e. The molecular weight excluding hydrogens is 532 g/mol. The van der Waals surface area contributed by atoms with Crippen LogP contribution in [0.25, 0.3) is 0 Å². The summed E-state index contributed by atoms with van der Waals surface area (Å²) in [4.78, 5) is 26.4. The van der Waals surface area contributed by atoms with Gasteiger partial charge in [-0.05, 0) is 116 Å². The van der Waals surface area contributed by atoms with E-state index in [1.807, 2.05) is 31.2 Å². The lowest BCUT2D eigenvalue weighted by Crippen LogP contribution is -2.62. The average Bonchev–Trinajstić information content (AvgIpc) is 2.93. The highest BCUT2D eigenvalue weighted by Crippen LogP contribution is 2.75. The molecule has 6 rings (SSSR count). The van der Waals surface area contributed by atoms with Crippen LogP contribution in [0, 0.1) is 33.0 Å². The van der Waals surface area contributed by atoms with Gasteiger partial charge in [-0.3, -0.25) is 9.59 Å². The molecule has 5 aliphatic rings. The summed E-state index contributed by atoms with van der Waals surface area (Å²) in [6.07, 6.45) is 13.0. The predicted molar refractivity (Wildman–Crippen MR) is 162 cm³/mol. The fourth-order valence-corrected chi connectivity index (χ4v) is 9.80. The van der Waals surface area contributed by atoms with E-state index >= 15 is 0 Å². The number of hydrogen-bond donors (Lipinski definition) is 1. The maximum atomic E-state index is 13.7. The summed E-state index contributed by atoms with van der Waals surface area (Å²) in [5.41, 5.74) is 4.37. The number of allylic oxidation sites excluding steroid dienone is 7. The monoisotopic (exact) mass is 574 g/mol. The van der Waals surface area contributed by atoms with E-state index in [1.165, 1.54) is 5.57 Å². The van der Waals surface area contributed by atoms with Crippen molar-refractivity contribution in [2.24, 2.45) is 33.0 Å². The first-order valence-electron chi connectivity index (χ1n) is 15.2. The summed E-state index contributed by atoms with van der Waals surface area (Å²) in [6, 6.07) is 7.51. The van der Waals surface area contributed by atoms with Crippen LogP contribution in [-0.4, -0.2) is 16.9 Å². The van der Waals surface area contributed by atoms with Gasteiger partial charge >= 0.3 is 5.97 Å². The minimum absolute atomic E-state index is 0.00212. The van der Waals surface area contributed by atoms with Crippen molar-refractivity contribution in [1.29, 1.82) is 0 Å². The first-order chi connectivity index (χ1) is 19.2. The van der Waals surface area contributed by atoms with Crippen molar-refractivity contribution in [3.8, 4) is 0 Å². The number of ketones is 1. The Morgan fingerprint density at radius 1 is 1.02 bits per heavy atom. The lowest BCUT2D eigenvalue weighted by atomic mass is 9.34. The molecule has 0 amide bonds. The predicted octanol–water partition coefficient (Wildman–Crippen LogP) is 9.01. The summed E-state index contributed by atoms with van der Waals surface area (Å²) in [5, 5.41) is 11.0. The number of hydrogen-bond acceptors (Lipinski definition) is 4. The summed E-state index contributed by atoms with van der Waals surface area (Å²) >= 11 is 6.16. The van der Waals surface area contributed by atoms with E-state index in [0.717, 1.165) is 61.7 Å². The van der Waals surface area contributed by atoms with E-state index in [9.17, 15) is 14.7 Å². The van der Waals surface area contributed by atoms with Crippen LogP contribution < -0.4 is 0 Å². The molecule has 0 heterocycles. The number of ether oxygens (including phenoxy) is 1. The second-order valence-electron chi connectivity index (χ2n) is 14.8. The molecule has 0 unspecified atom stereocenters. The fourth-order valence-electron chi connectivity index (χ4n) is 9.59. The molecule has 5 aliphatic carbocycles. The second kappa shape index (κ2) is 9.20. The Morgan fingerprint density at radius 2 is 1.76 bits per heavy atom. The Hall–Kier alpha value is -2.59. The average molecular weight is 575 g/mol. The molecule has 0 radical (unpaired) electrons. The number of benzene rings is 1. The standard InChI is InChI=1S/C36H43ClO4/c1-22-25-10-11-28-34(4,26(25)19-27(38)30(22)39)15-17-36(6)29-20-33(3,13-12-32(29,2)14-16-35(28,36)5)31(40)41-21-23-8-7-9-24(37)18-23/h7-11,18-19,29,39H,12-17,20-21H2,1-6H3/t29-,32-,33-,34+,35-,36+/m1/s1. The van der Waals surface area contributed by atoms with Crippen LogP contribution in [0.15, 0.2) is 70.5 Å². The molecule has 1 N–H and O–H groups in total. The number of carbonyl (C=O) groups excluding carboxylic acids is 2.